The molecule has 1 aliphatic rings. The number of carboxylic acid groups (broad SMARTS) is 1. The largest absolute Gasteiger partial charge is 0.480 e. The van der Waals surface area contributed by atoms with E-state index in [-0.39, 0.29) is 24.4 Å². The van der Waals surface area contributed by atoms with Gasteiger partial charge < -0.3 is 14.7 Å². The van der Waals surface area contributed by atoms with Gasteiger partial charge in [0.1, 0.15) is 12.6 Å². The predicted octanol–water partition coefficient (Wildman–Crippen LogP) is 1.09. The molecule has 8 heteroatoms. The van der Waals surface area contributed by atoms with E-state index in [1.54, 1.807) is 6.92 Å². The number of urea groups is 1. The maximum atomic E-state index is 12.5. The van der Waals surface area contributed by atoms with Crippen LogP contribution in [0.1, 0.15) is 20.8 Å². The first-order valence-electron chi connectivity index (χ1n) is 6.83. The van der Waals surface area contributed by atoms with E-state index >= 15 is 0 Å². The Morgan fingerprint density at radius 2 is 2.05 bits per heavy atom. The number of thioether (sulfide) groups is 1. The summed E-state index contributed by atoms with van der Waals surface area (Å²) in [5.41, 5.74) is 0. The van der Waals surface area contributed by atoms with Crippen LogP contribution >= 0.6 is 11.8 Å². The zero-order chi connectivity index (χ0) is 16.2. The van der Waals surface area contributed by atoms with E-state index in [1.165, 1.54) is 28.6 Å². The average Bonchev–Trinajstić information content (AvgIpc) is 2.82. The van der Waals surface area contributed by atoms with Crippen molar-refractivity contribution in [3.05, 3.63) is 0 Å². The van der Waals surface area contributed by atoms with Crippen LogP contribution < -0.4 is 0 Å². The Kier molecular flexibility index (Phi) is 6.32. The maximum Gasteiger partial charge on any atom is 0.327 e. The van der Waals surface area contributed by atoms with Gasteiger partial charge in [-0.25, -0.2) is 9.59 Å². The molecule has 0 radical (unpaired) electrons. The van der Waals surface area contributed by atoms with Gasteiger partial charge >= 0.3 is 18.0 Å². The van der Waals surface area contributed by atoms with E-state index in [0.717, 1.165) is 0 Å². The standard InChI is InChI=1S/C13H22N2O5S/c1-5-20-10(16)6-14(4)13(19)15-9(12(17)18)7-21-11(15)8(2)3/h8-9,11H,5-7H2,1-4H3,(H,17,18). The summed E-state index contributed by atoms with van der Waals surface area (Å²) in [6.07, 6.45) is 0. The van der Waals surface area contributed by atoms with E-state index in [4.69, 9.17) is 4.74 Å². The Morgan fingerprint density at radius 3 is 2.52 bits per heavy atom. The molecule has 1 N–H and O–H groups in total. The van der Waals surface area contributed by atoms with Gasteiger partial charge in [-0.3, -0.25) is 9.69 Å². The number of rotatable bonds is 5. The first kappa shape index (κ1) is 17.6. The molecule has 0 aromatic carbocycles. The van der Waals surface area contributed by atoms with Crippen LogP contribution in [0, 0.1) is 5.92 Å². The number of esters is 1. The normalized spacial score (nSPS) is 21.5. The number of ether oxygens (including phenoxy) is 1. The summed E-state index contributed by atoms with van der Waals surface area (Å²) in [5, 5.41) is 9.06. The van der Waals surface area contributed by atoms with Crippen LogP contribution in [0.25, 0.3) is 0 Å². The highest BCUT2D eigenvalue weighted by molar-refractivity contribution is 8.00. The highest BCUT2D eigenvalue weighted by Gasteiger charge is 2.44. The fourth-order valence-corrected chi connectivity index (χ4v) is 3.60. The molecule has 120 valence electrons. The summed E-state index contributed by atoms with van der Waals surface area (Å²) >= 11 is 1.45. The average molecular weight is 318 g/mol. The maximum absolute atomic E-state index is 12.5. The van der Waals surface area contributed by atoms with Crippen LogP contribution in [0.4, 0.5) is 4.79 Å². The van der Waals surface area contributed by atoms with Crippen LogP contribution in [0.15, 0.2) is 0 Å². The second-order valence-electron chi connectivity index (χ2n) is 5.17. The minimum Gasteiger partial charge on any atom is -0.480 e. The van der Waals surface area contributed by atoms with Crippen LogP contribution in [0.5, 0.6) is 0 Å². The molecule has 2 unspecified atom stereocenters. The van der Waals surface area contributed by atoms with Gasteiger partial charge in [-0.15, -0.1) is 11.8 Å². The number of carbonyl (C=O) groups is 3. The number of likely N-dealkylation sites (N-methyl/N-ethyl adjacent to an activating group) is 1. The van der Waals surface area contributed by atoms with Crippen LogP contribution in [0.2, 0.25) is 0 Å². The molecular weight excluding hydrogens is 296 g/mol. The van der Waals surface area contributed by atoms with Crippen molar-refractivity contribution in [2.45, 2.75) is 32.2 Å². The molecule has 0 aromatic heterocycles. The zero-order valence-corrected chi connectivity index (χ0v) is 13.6. The molecule has 21 heavy (non-hydrogen) atoms. The number of hydrogen-bond donors (Lipinski definition) is 1. The molecule has 0 aliphatic carbocycles. The van der Waals surface area contributed by atoms with Crippen molar-refractivity contribution in [1.29, 1.82) is 0 Å². The van der Waals surface area contributed by atoms with Crippen molar-refractivity contribution in [3.63, 3.8) is 0 Å². The number of amides is 2. The fraction of sp³-hybridized carbons (Fsp3) is 0.769. The van der Waals surface area contributed by atoms with Crippen molar-refractivity contribution < 1.29 is 24.2 Å². The Morgan fingerprint density at radius 1 is 1.43 bits per heavy atom. The Balaban J connectivity index is 2.83. The van der Waals surface area contributed by atoms with Crippen molar-refractivity contribution in [1.82, 2.24) is 9.80 Å². The van der Waals surface area contributed by atoms with Gasteiger partial charge in [0.15, 0.2) is 0 Å². The van der Waals surface area contributed by atoms with E-state index in [1.807, 2.05) is 13.8 Å². The Hall–Kier alpha value is -1.44. The molecule has 0 bridgehead atoms. The third-order valence-corrected chi connectivity index (χ3v) is 4.73. The molecular formula is C13H22N2O5S. The lowest BCUT2D eigenvalue weighted by atomic mass is 10.1. The minimum absolute atomic E-state index is 0.124. The highest BCUT2D eigenvalue weighted by atomic mass is 32.2. The molecule has 2 amide bonds. The van der Waals surface area contributed by atoms with E-state index in [2.05, 4.69) is 0 Å². The minimum atomic E-state index is -1.02. The van der Waals surface area contributed by atoms with Crippen molar-refractivity contribution in [2.75, 3.05) is 26.0 Å². The number of nitrogens with zero attached hydrogens (tertiary/aromatic N) is 2. The zero-order valence-electron chi connectivity index (χ0n) is 12.7. The topological polar surface area (TPSA) is 87.2 Å². The third-order valence-electron chi connectivity index (χ3n) is 3.11. The quantitative estimate of drug-likeness (QED) is 0.763. The molecule has 7 nitrogen and oxygen atoms in total. The molecule has 0 saturated carbocycles. The van der Waals surface area contributed by atoms with E-state index in [0.29, 0.717) is 5.75 Å². The lowest BCUT2D eigenvalue weighted by molar-refractivity contribution is -0.143. The van der Waals surface area contributed by atoms with Crippen LogP contribution in [-0.2, 0) is 14.3 Å². The van der Waals surface area contributed by atoms with E-state index in [9.17, 15) is 19.5 Å². The summed E-state index contributed by atoms with van der Waals surface area (Å²) in [7, 11) is 1.47. The molecule has 1 rings (SSSR count). The van der Waals surface area contributed by atoms with Gasteiger partial charge in [-0.2, -0.15) is 0 Å². The first-order valence-corrected chi connectivity index (χ1v) is 7.87. The fourth-order valence-electron chi connectivity index (χ4n) is 2.14. The van der Waals surface area contributed by atoms with Gasteiger partial charge in [0.05, 0.1) is 12.0 Å². The van der Waals surface area contributed by atoms with Gasteiger partial charge in [0.2, 0.25) is 0 Å². The van der Waals surface area contributed by atoms with Gasteiger partial charge in [0, 0.05) is 12.8 Å². The van der Waals surface area contributed by atoms with Crippen molar-refractivity contribution >= 4 is 29.7 Å². The lowest BCUT2D eigenvalue weighted by Crippen LogP contribution is -2.52. The van der Waals surface area contributed by atoms with Crippen molar-refractivity contribution in [2.24, 2.45) is 5.92 Å². The predicted molar refractivity (Wildman–Crippen MR) is 79.0 cm³/mol. The summed E-state index contributed by atoms with van der Waals surface area (Å²) < 4.78 is 4.80. The van der Waals surface area contributed by atoms with Gasteiger partial charge in [-0.05, 0) is 12.8 Å². The first-order chi connectivity index (χ1) is 9.79. The monoisotopic (exact) mass is 318 g/mol. The second-order valence-corrected chi connectivity index (χ2v) is 6.32. The molecule has 2 atom stereocenters. The number of carboxylic acids is 1. The van der Waals surface area contributed by atoms with E-state index < -0.39 is 24.0 Å². The SMILES string of the molecule is CCOC(=O)CN(C)C(=O)N1C(C(=O)O)CSC1C(C)C. The highest BCUT2D eigenvalue weighted by Crippen LogP contribution is 2.34. The molecule has 1 aliphatic heterocycles. The summed E-state index contributed by atoms with van der Waals surface area (Å²) in [6.45, 7) is 5.62. The van der Waals surface area contributed by atoms with Crippen LogP contribution in [-0.4, -0.2) is 70.2 Å². The lowest BCUT2D eigenvalue weighted by Gasteiger charge is -2.32. The van der Waals surface area contributed by atoms with Crippen molar-refractivity contribution in [3.8, 4) is 0 Å². The molecule has 1 heterocycles. The smallest absolute Gasteiger partial charge is 0.327 e. The summed E-state index contributed by atoms with van der Waals surface area (Å²) in [4.78, 5) is 37.8. The Bertz CT molecular complexity index is 415. The van der Waals surface area contributed by atoms with Crippen LogP contribution in [0.3, 0.4) is 0 Å². The number of hydrogen-bond acceptors (Lipinski definition) is 5. The Labute approximate surface area is 128 Å². The molecule has 1 fully saturated rings. The molecule has 1 saturated heterocycles. The summed E-state index contributed by atoms with van der Waals surface area (Å²) in [6, 6.07) is -1.32. The number of aliphatic carboxylic acids is 1. The van der Waals surface area contributed by atoms with Gasteiger partial charge in [0.25, 0.3) is 0 Å². The second kappa shape index (κ2) is 7.53. The molecule has 0 spiro atoms. The molecule has 0 aromatic rings. The van der Waals surface area contributed by atoms with Gasteiger partial charge in [-0.1, -0.05) is 13.8 Å². The third kappa shape index (κ3) is 4.26. The number of carbonyl (C=O) groups excluding carboxylic acids is 2. The summed E-state index contributed by atoms with van der Waals surface area (Å²) in [5.74, 6) is -1.05.